The van der Waals surface area contributed by atoms with Crippen LogP contribution in [0.2, 0.25) is 0 Å². The highest BCUT2D eigenvalue weighted by Crippen LogP contribution is 2.34. The molecule has 0 bridgehead atoms. The fourth-order valence-electron chi connectivity index (χ4n) is 4.15. The summed E-state index contributed by atoms with van der Waals surface area (Å²) >= 11 is 2.09. The van der Waals surface area contributed by atoms with Crippen LogP contribution in [-0.2, 0) is 0 Å². The molecular formula is C20H35NOS. The summed E-state index contributed by atoms with van der Waals surface area (Å²) in [4.78, 5) is 2.75. The molecule has 3 heteroatoms. The van der Waals surface area contributed by atoms with Gasteiger partial charge in [-0.3, -0.25) is 0 Å². The highest BCUT2D eigenvalue weighted by atomic mass is 32.2. The van der Waals surface area contributed by atoms with Crippen molar-refractivity contribution in [3.05, 3.63) is 0 Å². The van der Waals surface area contributed by atoms with Gasteiger partial charge >= 0.3 is 0 Å². The molecule has 2 fully saturated rings. The second-order valence-corrected chi connectivity index (χ2v) is 9.33. The summed E-state index contributed by atoms with van der Waals surface area (Å²) in [6.07, 6.45) is 6.93. The molecule has 4 unspecified atom stereocenters. The molecule has 1 N–H and O–H groups in total. The van der Waals surface area contributed by atoms with Crippen molar-refractivity contribution < 1.29 is 5.11 Å². The summed E-state index contributed by atoms with van der Waals surface area (Å²) in [6.45, 7) is 10.9. The molecule has 0 aromatic carbocycles. The van der Waals surface area contributed by atoms with Crippen LogP contribution in [-0.4, -0.2) is 47.3 Å². The van der Waals surface area contributed by atoms with Crippen LogP contribution in [0.4, 0.5) is 0 Å². The highest BCUT2D eigenvalue weighted by Gasteiger charge is 2.28. The third-order valence-electron chi connectivity index (χ3n) is 5.33. The topological polar surface area (TPSA) is 23.5 Å². The first-order valence-electron chi connectivity index (χ1n) is 9.51. The molecule has 0 aromatic rings. The zero-order valence-corrected chi connectivity index (χ0v) is 16.1. The fraction of sp³-hybridized carbons (Fsp3) is 0.900. The number of aliphatic hydroxyl groups is 1. The van der Waals surface area contributed by atoms with E-state index in [1.165, 1.54) is 51.7 Å². The van der Waals surface area contributed by atoms with Gasteiger partial charge in [0.1, 0.15) is 6.61 Å². The van der Waals surface area contributed by atoms with E-state index in [1.807, 2.05) is 0 Å². The van der Waals surface area contributed by atoms with E-state index >= 15 is 0 Å². The van der Waals surface area contributed by atoms with Crippen molar-refractivity contribution in [2.24, 2.45) is 23.7 Å². The van der Waals surface area contributed by atoms with E-state index in [0.29, 0.717) is 5.92 Å². The van der Waals surface area contributed by atoms with Gasteiger partial charge in [0.05, 0.1) is 0 Å². The Balaban J connectivity index is 1.86. The summed E-state index contributed by atoms with van der Waals surface area (Å²) < 4.78 is 0. The third-order valence-corrected chi connectivity index (χ3v) is 6.74. The lowest BCUT2D eigenvalue weighted by atomic mass is 9.80. The smallest absolute Gasteiger partial charge is 0.104 e. The highest BCUT2D eigenvalue weighted by molar-refractivity contribution is 8.00. The lowest BCUT2D eigenvalue weighted by molar-refractivity contribution is 0.148. The van der Waals surface area contributed by atoms with E-state index in [2.05, 4.69) is 49.3 Å². The Bertz CT molecular complexity index is 400. The minimum absolute atomic E-state index is 0.00484. The van der Waals surface area contributed by atoms with E-state index < -0.39 is 0 Å². The number of hydrogen-bond acceptors (Lipinski definition) is 3. The van der Waals surface area contributed by atoms with E-state index in [1.54, 1.807) is 0 Å². The van der Waals surface area contributed by atoms with Gasteiger partial charge in [-0.2, -0.15) is 11.8 Å². The summed E-state index contributed by atoms with van der Waals surface area (Å²) in [7, 11) is 0. The molecule has 0 radical (unpaired) electrons. The maximum Gasteiger partial charge on any atom is 0.104 e. The molecule has 0 amide bonds. The molecule has 1 saturated heterocycles. The Hall–Kier alpha value is -0.170. The van der Waals surface area contributed by atoms with Crippen LogP contribution < -0.4 is 0 Å². The predicted molar refractivity (Wildman–Crippen MR) is 102 cm³/mol. The third kappa shape index (κ3) is 6.69. The molecule has 1 aliphatic heterocycles. The second-order valence-electron chi connectivity index (χ2n) is 8.00. The number of hydrogen-bond donors (Lipinski definition) is 1. The van der Waals surface area contributed by atoms with Crippen LogP contribution in [0, 0.1) is 35.5 Å². The van der Waals surface area contributed by atoms with E-state index in [-0.39, 0.29) is 6.61 Å². The van der Waals surface area contributed by atoms with Crippen LogP contribution in [0.3, 0.4) is 0 Å². The van der Waals surface area contributed by atoms with Crippen molar-refractivity contribution in [2.75, 3.05) is 32.0 Å². The summed E-state index contributed by atoms with van der Waals surface area (Å²) in [5.74, 6) is 10.3. The minimum atomic E-state index is 0.00484. The van der Waals surface area contributed by atoms with Gasteiger partial charge in [0.15, 0.2) is 0 Å². The van der Waals surface area contributed by atoms with Gasteiger partial charge in [0, 0.05) is 36.6 Å². The molecule has 0 aromatic heterocycles. The summed E-state index contributed by atoms with van der Waals surface area (Å²) in [6, 6.07) is 0. The fourth-order valence-corrected chi connectivity index (χ4v) is 5.56. The average Bonchev–Trinajstić information content (AvgIpc) is 2.94. The van der Waals surface area contributed by atoms with Crippen molar-refractivity contribution in [2.45, 2.75) is 58.1 Å². The van der Waals surface area contributed by atoms with Gasteiger partial charge in [0.25, 0.3) is 0 Å². The van der Waals surface area contributed by atoms with Crippen LogP contribution in [0.25, 0.3) is 0 Å². The monoisotopic (exact) mass is 337 g/mol. The number of nitrogens with zero attached hydrogens (tertiary/aromatic N) is 1. The van der Waals surface area contributed by atoms with Crippen LogP contribution in [0.5, 0.6) is 0 Å². The molecular weight excluding hydrogens is 302 g/mol. The summed E-state index contributed by atoms with van der Waals surface area (Å²) in [5.41, 5.74) is 0. The standard InChI is InChI=1S/C20H35NOS/c1-16(2)12-21(13-19-9-5-4-7-17(19)3)14-20-11-18(15-23-20)8-6-10-22/h16-20,22H,4-5,7,9-15H2,1-3H3. The Labute approximate surface area is 147 Å². The van der Waals surface area contributed by atoms with Gasteiger partial charge in [-0.1, -0.05) is 51.9 Å². The van der Waals surface area contributed by atoms with Crippen molar-refractivity contribution >= 4 is 11.8 Å². The SMILES string of the molecule is CC(C)CN(CC1CC(C#CCO)CS1)CC1CCCCC1C. The molecule has 1 saturated carbocycles. The zero-order chi connectivity index (χ0) is 16.7. The average molecular weight is 338 g/mol. The molecule has 2 rings (SSSR count). The first-order chi connectivity index (χ1) is 11.1. The summed E-state index contributed by atoms with van der Waals surface area (Å²) in [5, 5.41) is 9.58. The van der Waals surface area contributed by atoms with Crippen molar-refractivity contribution in [1.29, 1.82) is 0 Å². The maximum absolute atomic E-state index is 8.86. The second kappa shape index (κ2) is 9.97. The quantitative estimate of drug-likeness (QED) is 0.744. The Morgan fingerprint density at radius 3 is 2.70 bits per heavy atom. The van der Waals surface area contributed by atoms with Gasteiger partial charge in [-0.05, 0) is 30.6 Å². The Morgan fingerprint density at radius 1 is 1.22 bits per heavy atom. The van der Waals surface area contributed by atoms with Gasteiger partial charge in [0.2, 0.25) is 0 Å². The van der Waals surface area contributed by atoms with Crippen molar-refractivity contribution in [3.63, 3.8) is 0 Å². The van der Waals surface area contributed by atoms with Crippen LogP contribution in [0.1, 0.15) is 52.9 Å². The lowest BCUT2D eigenvalue weighted by Crippen LogP contribution is -2.39. The molecule has 4 atom stereocenters. The number of rotatable bonds is 6. The molecule has 23 heavy (non-hydrogen) atoms. The minimum Gasteiger partial charge on any atom is -0.384 e. The van der Waals surface area contributed by atoms with Crippen molar-refractivity contribution in [3.8, 4) is 11.8 Å². The molecule has 2 nitrogen and oxygen atoms in total. The van der Waals surface area contributed by atoms with Gasteiger partial charge in [-0.15, -0.1) is 0 Å². The van der Waals surface area contributed by atoms with Crippen LogP contribution >= 0.6 is 11.8 Å². The normalized spacial score (nSPS) is 31.4. The molecule has 1 heterocycles. The first-order valence-corrected chi connectivity index (χ1v) is 10.6. The maximum atomic E-state index is 8.86. The first kappa shape index (κ1) is 19.2. The molecule has 0 spiro atoms. The molecule has 1 aliphatic carbocycles. The Morgan fingerprint density at radius 2 is 2.00 bits per heavy atom. The van der Waals surface area contributed by atoms with Crippen LogP contribution in [0.15, 0.2) is 0 Å². The predicted octanol–water partition coefficient (Wildman–Crippen LogP) is 3.89. The Kier molecular flexibility index (Phi) is 8.30. The van der Waals surface area contributed by atoms with Gasteiger partial charge < -0.3 is 10.0 Å². The molecule has 132 valence electrons. The van der Waals surface area contributed by atoms with Gasteiger partial charge in [-0.25, -0.2) is 0 Å². The van der Waals surface area contributed by atoms with E-state index in [9.17, 15) is 0 Å². The zero-order valence-electron chi connectivity index (χ0n) is 15.3. The van der Waals surface area contributed by atoms with Crippen molar-refractivity contribution in [1.82, 2.24) is 4.90 Å². The molecule has 2 aliphatic rings. The largest absolute Gasteiger partial charge is 0.384 e. The van der Waals surface area contributed by atoms with E-state index in [0.717, 1.165) is 28.8 Å². The lowest BCUT2D eigenvalue weighted by Gasteiger charge is -2.35. The number of thioether (sulfide) groups is 1. The van der Waals surface area contributed by atoms with E-state index in [4.69, 9.17) is 5.11 Å². The number of aliphatic hydroxyl groups excluding tert-OH is 1.